The zero-order valence-electron chi connectivity index (χ0n) is 13.7. The van der Waals surface area contributed by atoms with E-state index in [1.165, 1.54) is 12.1 Å². The van der Waals surface area contributed by atoms with Gasteiger partial charge < -0.3 is 5.32 Å². The van der Waals surface area contributed by atoms with E-state index >= 15 is 0 Å². The highest BCUT2D eigenvalue weighted by atomic mass is 35.5. The molecular formula is C17H20Cl2N2O3. The molecule has 0 spiro atoms. The summed E-state index contributed by atoms with van der Waals surface area (Å²) in [7, 11) is 0. The van der Waals surface area contributed by atoms with Gasteiger partial charge in [-0.05, 0) is 25.5 Å². The minimum atomic E-state index is -0.526. The first-order chi connectivity index (χ1) is 11.3. The lowest BCUT2D eigenvalue weighted by molar-refractivity contribution is -0.122. The van der Waals surface area contributed by atoms with Crippen LogP contribution in [0, 0.1) is 0 Å². The number of imide groups is 1. The number of rotatable bonds is 7. The van der Waals surface area contributed by atoms with E-state index in [-0.39, 0.29) is 39.7 Å². The van der Waals surface area contributed by atoms with Crippen LogP contribution in [-0.2, 0) is 4.79 Å². The maximum Gasteiger partial charge on any atom is 0.262 e. The van der Waals surface area contributed by atoms with Crippen LogP contribution < -0.4 is 5.32 Å². The van der Waals surface area contributed by atoms with E-state index in [1.54, 1.807) is 0 Å². The van der Waals surface area contributed by atoms with Crippen molar-refractivity contribution in [2.75, 3.05) is 6.54 Å². The van der Waals surface area contributed by atoms with Gasteiger partial charge in [-0.1, -0.05) is 49.4 Å². The number of carbonyl (C=O) groups is 3. The van der Waals surface area contributed by atoms with Gasteiger partial charge in [0.05, 0.1) is 21.2 Å². The zero-order chi connectivity index (χ0) is 17.9. The number of nitrogens with zero attached hydrogens (tertiary/aromatic N) is 1. The molecule has 0 aromatic heterocycles. The summed E-state index contributed by atoms with van der Waals surface area (Å²) in [6, 6.07) is 2.73. The number of nitrogens with one attached hydrogen (secondary N) is 1. The van der Waals surface area contributed by atoms with Gasteiger partial charge in [-0.15, -0.1) is 0 Å². The average molecular weight is 371 g/mol. The van der Waals surface area contributed by atoms with Gasteiger partial charge in [-0.3, -0.25) is 19.3 Å². The molecule has 0 radical (unpaired) electrons. The minimum absolute atomic E-state index is 0.00289. The summed E-state index contributed by atoms with van der Waals surface area (Å²) >= 11 is 11.8. The Morgan fingerprint density at radius 2 is 1.67 bits per heavy atom. The second kappa shape index (κ2) is 7.99. The monoisotopic (exact) mass is 370 g/mol. The molecule has 3 amide bonds. The summed E-state index contributed by atoms with van der Waals surface area (Å²) in [5, 5.41) is 3.22. The SMILES string of the molecule is CCCCC[C@@H](C)NC(=O)CN1C(=O)c2cc(Cl)c(Cl)cc2C1=O. The highest BCUT2D eigenvalue weighted by Gasteiger charge is 2.37. The molecule has 7 heteroatoms. The van der Waals surface area contributed by atoms with Crippen molar-refractivity contribution in [3.63, 3.8) is 0 Å². The summed E-state index contributed by atoms with van der Waals surface area (Å²) in [6.45, 7) is 3.72. The second-order valence-electron chi connectivity index (χ2n) is 5.97. The molecular weight excluding hydrogens is 351 g/mol. The normalized spacial score (nSPS) is 14.8. The fourth-order valence-corrected chi connectivity index (χ4v) is 2.99. The van der Waals surface area contributed by atoms with E-state index in [4.69, 9.17) is 23.2 Å². The molecule has 2 rings (SSSR count). The van der Waals surface area contributed by atoms with Crippen LogP contribution >= 0.6 is 23.2 Å². The minimum Gasteiger partial charge on any atom is -0.352 e. The Bertz CT molecular complexity index is 635. The molecule has 0 unspecified atom stereocenters. The van der Waals surface area contributed by atoms with Gasteiger partial charge in [-0.25, -0.2) is 0 Å². The Hall–Kier alpha value is -1.59. The number of hydrogen-bond donors (Lipinski definition) is 1. The third-order valence-corrected chi connectivity index (χ3v) is 4.68. The van der Waals surface area contributed by atoms with Crippen LogP contribution in [0.2, 0.25) is 10.0 Å². The van der Waals surface area contributed by atoms with Crippen molar-refractivity contribution in [1.29, 1.82) is 0 Å². The quantitative estimate of drug-likeness (QED) is 0.587. The number of unbranched alkanes of at least 4 members (excludes halogenated alkanes) is 2. The first-order valence-electron chi connectivity index (χ1n) is 7.99. The number of hydrogen-bond acceptors (Lipinski definition) is 3. The van der Waals surface area contributed by atoms with Crippen LogP contribution in [0.4, 0.5) is 0 Å². The van der Waals surface area contributed by atoms with Crippen LogP contribution in [0.15, 0.2) is 12.1 Å². The first-order valence-corrected chi connectivity index (χ1v) is 8.75. The molecule has 1 aromatic carbocycles. The molecule has 1 heterocycles. The lowest BCUT2D eigenvalue weighted by atomic mass is 10.1. The Labute approximate surface area is 151 Å². The summed E-state index contributed by atoms with van der Waals surface area (Å²) < 4.78 is 0. The maximum atomic E-state index is 12.3. The predicted octanol–water partition coefficient (Wildman–Crippen LogP) is 3.67. The smallest absolute Gasteiger partial charge is 0.262 e. The number of halogens is 2. The number of amides is 3. The molecule has 1 aliphatic heterocycles. The van der Waals surface area contributed by atoms with E-state index in [0.717, 1.165) is 30.6 Å². The van der Waals surface area contributed by atoms with Gasteiger partial charge in [0, 0.05) is 6.04 Å². The third-order valence-electron chi connectivity index (χ3n) is 3.96. The van der Waals surface area contributed by atoms with Crippen molar-refractivity contribution in [2.24, 2.45) is 0 Å². The second-order valence-corrected chi connectivity index (χ2v) is 6.79. The molecule has 1 aliphatic rings. The van der Waals surface area contributed by atoms with Crippen LogP contribution in [0.3, 0.4) is 0 Å². The summed E-state index contributed by atoms with van der Waals surface area (Å²) in [6.07, 6.45) is 4.12. The largest absolute Gasteiger partial charge is 0.352 e. The molecule has 0 fully saturated rings. The fraction of sp³-hybridized carbons (Fsp3) is 0.471. The van der Waals surface area contributed by atoms with Crippen molar-refractivity contribution in [1.82, 2.24) is 10.2 Å². The van der Waals surface area contributed by atoms with Crippen LogP contribution in [0.5, 0.6) is 0 Å². The fourth-order valence-electron chi connectivity index (χ4n) is 2.66. The summed E-state index contributed by atoms with van der Waals surface area (Å²) in [5.41, 5.74) is 0.358. The standard InChI is InChI=1S/C17H20Cl2N2O3/c1-3-4-5-6-10(2)20-15(22)9-21-16(23)11-7-13(18)14(19)8-12(11)17(21)24/h7-8,10H,3-6,9H2,1-2H3,(H,20,22)/t10-/m1/s1. The average Bonchev–Trinajstić information content (AvgIpc) is 2.73. The Morgan fingerprint density at radius 1 is 1.12 bits per heavy atom. The molecule has 24 heavy (non-hydrogen) atoms. The first kappa shape index (κ1) is 18.7. The summed E-state index contributed by atoms with van der Waals surface area (Å²) in [5.74, 6) is -1.41. The molecule has 5 nitrogen and oxygen atoms in total. The maximum absolute atomic E-state index is 12.3. The predicted molar refractivity (Wildman–Crippen MR) is 93.6 cm³/mol. The molecule has 1 N–H and O–H groups in total. The lowest BCUT2D eigenvalue weighted by Crippen LogP contribution is -2.43. The molecule has 0 saturated carbocycles. The Morgan fingerprint density at radius 3 is 2.17 bits per heavy atom. The van der Waals surface area contributed by atoms with Gasteiger partial charge >= 0.3 is 0 Å². The molecule has 0 bridgehead atoms. The molecule has 1 aromatic rings. The topological polar surface area (TPSA) is 66.5 Å². The lowest BCUT2D eigenvalue weighted by Gasteiger charge is -2.17. The van der Waals surface area contributed by atoms with Crippen LogP contribution in [0.25, 0.3) is 0 Å². The van der Waals surface area contributed by atoms with E-state index in [1.807, 2.05) is 6.92 Å². The summed E-state index contributed by atoms with van der Waals surface area (Å²) in [4.78, 5) is 37.7. The van der Waals surface area contributed by atoms with Crippen molar-refractivity contribution >= 4 is 40.9 Å². The van der Waals surface area contributed by atoms with Gasteiger partial charge in [0.1, 0.15) is 6.54 Å². The van der Waals surface area contributed by atoms with E-state index in [9.17, 15) is 14.4 Å². The van der Waals surface area contributed by atoms with Crippen molar-refractivity contribution in [3.8, 4) is 0 Å². The zero-order valence-corrected chi connectivity index (χ0v) is 15.2. The van der Waals surface area contributed by atoms with Gasteiger partial charge in [-0.2, -0.15) is 0 Å². The number of fused-ring (bicyclic) bond motifs is 1. The van der Waals surface area contributed by atoms with Gasteiger partial charge in [0.15, 0.2) is 0 Å². The highest BCUT2D eigenvalue weighted by Crippen LogP contribution is 2.31. The number of carbonyl (C=O) groups excluding carboxylic acids is 3. The Kier molecular flexibility index (Phi) is 6.24. The molecule has 0 saturated heterocycles. The molecule has 1 atom stereocenters. The Balaban J connectivity index is 2.00. The van der Waals surface area contributed by atoms with E-state index < -0.39 is 11.8 Å². The van der Waals surface area contributed by atoms with Gasteiger partial charge in [0.25, 0.3) is 11.8 Å². The van der Waals surface area contributed by atoms with E-state index in [0.29, 0.717) is 0 Å². The van der Waals surface area contributed by atoms with Crippen molar-refractivity contribution in [3.05, 3.63) is 33.3 Å². The van der Waals surface area contributed by atoms with Crippen molar-refractivity contribution in [2.45, 2.75) is 45.6 Å². The molecule has 0 aliphatic carbocycles. The molecule has 130 valence electrons. The highest BCUT2D eigenvalue weighted by molar-refractivity contribution is 6.43. The van der Waals surface area contributed by atoms with E-state index in [2.05, 4.69) is 12.2 Å². The third kappa shape index (κ3) is 4.08. The van der Waals surface area contributed by atoms with Crippen LogP contribution in [0.1, 0.15) is 60.2 Å². The van der Waals surface area contributed by atoms with Crippen LogP contribution in [-0.4, -0.2) is 35.2 Å². The number of benzene rings is 1. The van der Waals surface area contributed by atoms with Gasteiger partial charge in [0.2, 0.25) is 5.91 Å². The van der Waals surface area contributed by atoms with Crippen molar-refractivity contribution < 1.29 is 14.4 Å².